The predicted molar refractivity (Wildman–Crippen MR) is 59.7 cm³/mol. The summed E-state index contributed by atoms with van der Waals surface area (Å²) in [6, 6.07) is 0.881. The molecule has 3 heteroatoms. The van der Waals surface area contributed by atoms with E-state index in [4.69, 9.17) is 0 Å². The Hall–Kier alpha value is -0.830. The van der Waals surface area contributed by atoms with Crippen molar-refractivity contribution in [1.29, 1.82) is 0 Å². The van der Waals surface area contributed by atoms with Crippen LogP contribution < -0.4 is 4.90 Å². The Morgan fingerprint density at radius 3 is 2.40 bits per heavy atom. The fourth-order valence-electron chi connectivity index (χ4n) is 2.89. The second-order valence-electron chi connectivity index (χ2n) is 4.67. The van der Waals surface area contributed by atoms with Crippen LogP contribution >= 0.6 is 0 Å². The number of nitrogens with zero attached hydrogens (tertiary/aromatic N) is 1. The zero-order valence-corrected chi connectivity index (χ0v) is 9.37. The molecular weight excluding hydrogens is 188 g/mol. The first-order valence-electron chi connectivity index (χ1n) is 6.07. The third-order valence-electron chi connectivity index (χ3n) is 3.82. The molecule has 84 valence electrons. The molecule has 1 saturated heterocycles. The number of rotatable bonds is 2. The van der Waals surface area contributed by atoms with Gasteiger partial charge in [-0.05, 0) is 31.8 Å². The van der Waals surface area contributed by atoms with Gasteiger partial charge in [-0.2, -0.15) is 0 Å². The van der Waals surface area contributed by atoms with E-state index in [2.05, 4.69) is 6.58 Å². The van der Waals surface area contributed by atoms with Crippen LogP contribution in [0.1, 0.15) is 25.7 Å². The molecule has 0 aromatic heterocycles. The molecule has 0 aromatic carbocycles. The van der Waals surface area contributed by atoms with E-state index < -0.39 is 0 Å². The summed E-state index contributed by atoms with van der Waals surface area (Å²) in [7, 11) is 0. The van der Waals surface area contributed by atoms with Gasteiger partial charge >= 0.3 is 0 Å². The van der Waals surface area contributed by atoms with Crippen LogP contribution in [-0.4, -0.2) is 43.0 Å². The van der Waals surface area contributed by atoms with Gasteiger partial charge in [-0.15, -0.1) is 0 Å². The minimum atomic E-state index is 0.0977. The average molecular weight is 209 g/mol. The number of carbonyl (C=O) groups excluding carboxylic acids is 1. The number of carbonyl (C=O) groups is 1. The van der Waals surface area contributed by atoms with Crippen molar-refractivity contribution in [1.82, 2.24) is 4.90 Å². The van der Waals surface area contributed by atoms with Gasteiger partial charge in [-0.3, -0.25) is 4.79 Å². The predicted octanol–water partition coefficient (Wildman–Crippen LogP) is -0.158. The smallest absolute Gasteiger partial charge is 0.246 e. The highest BCUT2D eigenvalue weighted by atomic mass is 16.2. The first-order chi connectivity index (χ1) is 7.31. The molecule has 0 atom stereocenters. The van der Waals surface area contributed by atoms with Gasteiger partial charge in [0, 0.05) is 0 Å². The van der Waals surface area contributed by atoms with E-state index in [1.54, 1.807) is 4.90 Å². The van der Waals surface area contributed by atoms with Crippen LogP contribution in [0, 0.1) is 0 Å². The first kappa shape index (κ1) is 10.7. The van der Waals surface area contributed by atoms with Crippen LogP contribution in [0.2, 0.25) is 0 Å². The molecule has 3 nitrogen and oxygen atoms in total. The number of quaternary nitrogens is 1. The standard InChI is InChI=1S/C12H20N2O/c1-2-12(15)14-9-7-13(8-10-14)11-5-3-4-6-11/h2,11H,1,3-10H2/p+1. The zero-order valence-electron chi connectivity index (χ0n) is 9.37. The highest BCUT2D eigenvalue weighted by molar-refractivity contribution is 5.87. The number of hydrogen-bond donors (Lipinski definition) is 1. The van der Waals surface area contributed by atoms with Gasteiger partial charge in [-0.1, -0.05) is 6.58 Å². The van der Waals surface area contributed by atoms with Crippen LogP contribution in [0.4, 0.5) is 0 Å². The third-order valence-corrected chi connectivity index (χ3v) is 3.82. The Balaban J connectivity index is 1.81. The average Bonchev–Trinajstić information content (AvgIpc) is 2.82. The molecule has 2 rings (SSSR count). The largest absolute Gasteiger partial charge is 0.330 e. The second kappa shape index (κ2) is 4.79. The lowest BCUT2D eigenvalue weighted by Crippen LogP contribution is -3.18. The summed E-state index contributed by atoms with van der Waals surface area (Å²) in [6.07, 6.45) is 7.03. The molecule has 2 fully saturated rings. The van der Waals surface area contributed by atoms with E-state index in [1.807, 2.05) is 4.90 Å². The summed E-state index contributed by atoms with van der Waals surface area (Å²) in [5.41, 5.74) is 0. The van der Waals surface area contributed by atoms with Crippen LogP contribution in [0.5, 0.6) is 0 Å². The second-order valence-corrected chi connectivity index (χ2v) is 4.67. The first-order valence-corrected chi connectivity index (χ1v) is 6.07. The Morgan fingerprint density at radius 1 is 1.27 bits per heavy atom. The Bertz CT molecular complexity index is 238. The maximum atomic E-state index is 11.4. The number of piperazine rings is 1. The van der Waals surface area contributed by atoms with E-state index in [9.17, 15) is 4.79 Å². The molecule has 1 amide bonds. The van der Waals surface area contributed by atoms with Crippen molar-refractivity contribution in [2.24, 2.45) is 0 Å². The minimum Gasteiger partial charge on any atom is -0.330 e. The molecule has 1 aliphatic carbocycles. The topological polar surface area (TPSA) is 24.8 Å². The monoisotopic (exact) mass is 209 g/mol. The molecular formula is C12H21N2O+. The fraction of sp³-hybridized carbons (Fsp3) is 0.750. The van der Waals surface area contributed by atoms with Crippen molar-refractivity contribution >= 4 is 5.91 Å². The third kappa shape index (κ3) is 2.40. The van der Waals surface area contributed by atoms with Crippen molar-refractivity contribution in [3.8, 4) is 0 Å². The van der Waals surface area contributed by atoms with Crippen LogP contribution in [0.3, 0.4) is 0 Å². The summed E-state index contributed by atoms with van der Waals surface area (Å²) in [5, 5.41) is 0. The molecule has 15 heavy (non-hydrogen) atoms. The van der Waals surface area contributed by atoms with Gasteiger partial charge in [0.05, 0.1) is 32.2 Å². The van der Waals surface area contributed by atoms with Gasteiger partial charge in [0.25, 0.3) is 0 Å². The lowest BCUT2D eigenvalue weighted by atomic mass is 10.2. The summed E-state index contributed by atoms with van der Waals surface area (Å²) in [6.45, 7) is 7.62. The molecule has 1 saturated carbocycles. The highest BCUT2D eigenvalue weighted by Gasteiger charge is 2.30. The van der Waals surface area contributed by atoms with Crippen LogP contribution in [0.15, 0.2) is 12.7 Å². The van der Waals surface area contributed by atoms with Crippen molar-refractivity contribution in [2.75, 3.05) is 26.2 Å². The number of nitrogens with one attached hydrogen (secondary N) is 1. The normalized spacial score (nSPS) is 24.4. The van der Waals surface area contributed by atoms with E-state index in [0.29, 0.717) is 0 Å². The van der Waals surface area contributed by atoms with Crippen LogP contribution in [0.25, 0.3) is 0 Å². The lowest BCUT2D eigenvalue weighted by molar-refractivity contribution is -0.928. The molecule has 1 aliphatic heterocycles. The van der Waals surface area contributed by atoms with Crippen molar-refractivity contribution in [3.63, 3.8) is 0 Å². The maximum absolute atomic E-state index is 11.4. The molecule has 0 aromatic rings. The van der Waals surface area contributed by atoms with Gasteiger partial charge < -0.3 is 9.80 Å². The molecule has 1 heterocycles. The molecule has 0 unspecified atom stereocenters. The summed E-state index contributed by atoms with van der Waals surface area (Å²) in [5.74, 6) is 0.0977. The minimum absolute atomic E-state index is 0.0977. The Kier molecular flexibility index (Phi) is 3.41. The Morgan fingerprint density at radius 2 is 1.87 bits per heavy atom. The molecule has 0 spiro atoms. The van der Waals surface area contributed by atoms with Gasteiger partial charge in [-0.25, -0.2) is 0 Å². The zero-order chi connectivity index (χ0) is 10.7. The van der Waals surface area contributed by atoms with Gasteiger partial charge in [0.15, 0.2) is 0 Å². The van der Waals surface area contributed by atoms with Crippen LogP contribution in [-0.2, 0) is 4.79 Å². The molecule has 1 N–H and O–H groups in total. The number of amides is 1. The molecule has 2 aliphatic rings. The maximum Gasteiger partial charge on any atom is 0.246 e. The van der Waals surface area contributed by atoms with Crippen molar-refractivity contribution in [3.05, 3.63) is 12.7 Å². The van der Waals surface area contributed by atoms with Gasteiger partial charge in [0.2, 0.25) is 5.91 Å². The summed E-state index contributed by atoms with van der Waals surface area (Å²) < 4.78 is 0. The van der Waals surface area contributed by atoms with E-state index in [-0.39, 0.29) is 5.91 Å². The summed E-state index contributed by atoms with van der Waals surface area (Å²) >= 11 is 0. The quantitative estimate of drug-likeness (QED) is 0.628. The van der Waals surface area contributed by atoms with E-state index in [1.165, 1.54) is 31.8 Å². The Labute approximate surface area is 91.7 Å². The molecule has 0 radical (unpaired) electrons. The van der Waals surface area contributed by atoms with Crippen molar-refractivity contribution in [2.45, 2.75) is 31.7 Å². The summed E-state index contributed by atoms with van der Waals surface area (Å²) in [4.78, 5) is 15.0. The number of hydrogen-bond acceptors (Lipinski definition) is 1. The highest BCUT2D eigenvalue weighted by Crippen LogP contribution is 2.15. The van der Waals surface area contributed by atoms with E-state index in [0.717, 1.165) is 32.2 Å². The van der Waals surface area contributed by atoms with Crippen molar-refractivity contribution < 1.29 is 9.69 Å². The van der Waals surface area contributed by atoms with Gasteiger partial charge in [0.1, 0.15) is 0 Å². The lowest BCUT2D eigenvalue weighted by Gasteiger charge is -2.34. The van der Waals surface area contributed by atoms with E-state index >= 15 is 0 Å². The fourth-order valence-corrected chi connectivity index (χ4v) is 2.89. The molecule has 0 bridgehead atoms. The SMILES string of the molecule is C=CC(=O)N1CC[NH+](C2CCCC2)CC1.